The van der Waals surface area contributed by atoms with E-state index < -0.39 is 0 Å². The molecule has 1 aromatic carbocycles. The lowest BCUT2D eigenvalue weighted by Gasteiger charge is -2.00. The molecule has 2 aromatic rings. The van der Waals surface area contributed by atoms with Gasteiger partial charge in [-0.25, -0.2) is 0 Å². The van der Waals surface area contributed by atoms with Gasteiger partial charge in [0.25, 0.3) is 0 Å². The largest absolute Gasteiger partial charge is 0.298 e. The Kier molecular flexibility index (Phi) is 2.57. The SMILES string of the molecule is CCc1ccc(Cl)c2c(C=O)csc12. The number of hydrogen-bond acceptors (Lipinski definition) is 2. The Morgan fingerprint density at radius 3 is 2.93 bits per heavy atom. The third-order valence-electron chi connectivity index (χ3n) is 2.29. The lowest BCUT2D eigenvalue weighted by Crippen LogP contribution is -1.82. The molecule has 0 saturated heterocycles. The molecule has 0 radical (unpaired) electrons. The number of carbonyl (C=O) groups is 1. The number of carbonyl (C=O) groups excluding carboxylic acids is 1. The molecule has 0 atom stereocenters. The molecule has 1 nitrogen and oxygen atoms in total. The number of aldehydes is 1. The van der Waals surface area contributed by atoms with Gasteiger partial charge in [-0.2, -0.15) is 0 Å². The summed E-state index contributed by atoms with van der Waals surface area (Å²) in [6.45, 7) is 2.10. The van der Waals surface area contributed by atoms with Crippen molar-refractivity contribution < 1.29 is 4.79 Å². The van der Waals surface area contributed by atoms with Crippen molar-refractivity contribution in [2.45, 2.75) is 13.3 Å². The van der Waals surface area contributed by atoms with Gasteiger partial charge in [-0.05, 0) is 18.1 Å². The molecule has 0 aliphatic heterocycles. The fourth-order valence-corrected chi connectivity index (χ4v) is 3.00. The molecule has 0 saturated carbocycles. The fraction of sp³-hybridized carbons (Fsp3) is 0.182. The monoisotopic (exact) mass is 224 g/mol. The maximum atomic E-state index is 10.8. The molecule has 0 aliphatic carbocycles. The first-order valence-electron chi connectivity index (χ1n) is 4.41. The van der Waals surface area contributed by atoms with Crippen molar-refractivity contribution >= 4 is 39.3 Å². The molecular formula is C11H9ClOS. The van der Waals surface area contributed by atoms with Gasteiger partial charge in [-0.3, -0.25) is 4.79 Å². The highest BCUT2D eigenvalue weighted by Gasteiger charge is 2.09. The molecule has 0 amide bonds. The summed E-state index contributed by atoms with van der Waals surface area (Å²) in [6.07, 6.45) is 1.83. The van der Waals surface area contributed by atoms with E-state index in [9.17, 15) is 4.79 Å². The molecule has 14 heavy (non-hydrogen) atoms. The third-order valence-corrected chi connectivity index (χ3v) is 3.68. The average molecular weight is 225 g/mol. The smallest absolute Gasteiger partial charge is 0.151 e. The Morgan fingerprint density at radius 2 is 2.29 bits per heavy atom. The van der Waals surface area contributed by atoms with E-state index in [2.05, 4.69) is 6.92 Å². The molecule has 0 unspecified atom stereocenters. The minimum absolute atomic E-state index is 0.667. The van der Waals surface area contributed by atoms with E-state index in [4.69, 9.17) is 11.6 Å². The van der Waals surface area contributed by atoms with Crippen LogP contribution in [-0.2, 0) is 6.42 Å². The lowest BCUT2D eigenvalue weighted by molar-refractivity contribution is 0.112. The Morgan fingerprint density at radius 1 is 1.50 bits per heavy atom. The minimum Gasteiger partial charge on any atom is -0.298 e. The van der Waals surface area contributed by atoms with E-state index in [1.54, 1.807) is 11.3 Å². The number of halogens is 1. The summed E-state index contributed by atoms with van der Waals surface area (Å²) in [5.41, 5.74) is 1.95. The summed E-state index contributed by atoms with van der Waals surface area (Å²) in [6, 6.07) is 3.89. The van der Waals surface area contributed by atoms with Gasteiger partial charge in [0.15, 0.2) is 6.29 Å². The van der Waals surface area contributed by atoms with Crippen LogP contribution in [0.15, 0.2) is 17.5 Å². The molecule has 0 bridgehead atoms. The predicted octanol–water partition coefficient (Wildman–Crippen LogP) is 3.93. The summed E-state index contributed by atoms with van der Waals surface area (Å²) < 4.78 is 1.14. The second kappa shape index (κ2) is 3.71. The van der Waals surface area contributed by atoms with Crippen molar-refractivity contribution in [1.82, 2.24) is 0 Å². The molecule has 0 N–H and O–H groups in total. The van der Waals surface area contributed by atoms with Crippen LogP contribution in [-0.4, -0.2) is 6.29 Å². The van der Waals surface area contributed by atoms with Gasteiger partial charge in [0.05, 0.1) is 0 Å². The van der Waals surface area contributed by atoms with Crippen LogP contribution < -0.4 is 0 Å². The molecule has 2 rings (SSSR count). The molecule has 1 aromatic heterocycles. The van der Waals surface area contributed by atoms with Crippen molar-refractivity contribution in [3.63, 3.8) is 0 Å². The number of benzene rings is 1. The molecule has 72 valence electrons. The summed E-state index contributed by atoms with van der Waals surface area (Å²) in [4.78, 5) is 10.8. The maximum Gasteiger partial charge on any atom is 0.151 e. The second-order valence-corrected chi connectivity index (χ2v) is 4.36. The van der Waals surface area contributed by atoms with Gasteiger partial charge in [0.2, 0.25) is 0 Å². The molecular weight excluding hydrogens is 216 g/mol. The van der Waals surface area contributed by atoms with Crippen LogP contribution in [0.3, 0.4) is 0 Å². The summed E-state index contributed by atoms with van der Waals surface area (Å²) >= 11 is 7.65. The van der Waals surface area contributed by atoms with Gasteiger partial charge in [-0.15, -0.1) is 11.3 Å². The second-order valence-electron chi connectivity index (χ2n) is 3.07. The summed E-state index contributed by atoms with van der Waals surface area (Å²) in [5.74, 6) is 0. The van der Waals surface area contributed by atoms with Crippen molar-refractivity contribution in [3.05, 3.63) is 33.7 Å². The van der Waals surface area contributed by atoms with Crippen molar-refractivity contribution in [2.24, 2.45) is 0 Å². The van der Waals surface area contributed by atoms with Gasteiger partial charge in [-0.1, -0.05) is 24.6 Å². The minimum atomic E-state index is 0.667. The Balaban J connectivity index is 2.86. The lowest BCUT2D eigenvalue weighted by atomic mass is 10.1. The van der Waals surface area contributed by atoms with E-state index in [1.165, 1.54) is 5.56 Å². The standard InChI is InChI=1S/C11H9ClOS/c1-2-7-3-4-9(12)10-8(5-13)6-14-11(7)10/h3-6H,2H2,1H3. The highest BCUT2D eigenvalue weighted by Crippen LogP contribution is 2.34. The van der Waals surface area contributed by atoms with Crippen LogP contribution in [0.25, 0.3) is 10.1 Å². The first-order chi connectivity index (χ1) is 6.77. The third kappa shape index (κ3) is 1.35. The van der Waals surface area contributed by atoms with Crippen molar-refractivity contribution in [3.8, 4) is 0 Å². The highest BCUT2D eigenvalue weighted by atomic mass is 35.5. The first-order valence-corrected chi connectivity index (χ1v) is 5.67. The van der Waals surface area contributed by atoms with E-state index in [0.717, 1.165) is 22.8 Å². The molecule has 0 fully saturated rings. The molecule has 1 heterocycles. The average Bonchev–Trinajstić information content (AvgIpc) is 2.63. The van der Waals surface area contributed by atoms with E-state index in [0.29, 0.717) is 10.6 Å². The quantitative estimate of drug-likeness (QED) is 0.707. The zero-order valence-corrected chi connectivity index (χ0v) is 9.28. The van der Waals surface area contributed by atoms with Crippen molar-refractivity contribution in [2.75, 3.05) is 0 Å². The van der Waals surface area contributed by atoms with Crippen LogP contribution >= 0.6 is 22.9 Å². The summed E-state index contributed by atoms with van der Waals surface area (Å²) in [7, 11) is 0. The van der Waals surface area contributed by atoms with Crippen LogP contribution in [0.5, 0.6) is 0 Å². The van der Waals surface area contributed by atoms with Gasteiger partial charge in [0, 0.05) is 26.1 Å². The Hall–Kier alpha value is -0.860. The topological polar surface area (TPSA) is 17.1 Å². The Bertz CT molecular complexity index is 487. The summed E-state index contributed by atoms with van der Waals surface area (Å²) in [5, 5.41) is 3.44. The van der Waals surface area contributed by atoms with Crippen LogP contribution in [0.2, 0.25) is 5.02 Å². The predicted molar refractivity (Wildman–Crippen MR) is 61.6 cm³/mol. The first kappa shape index (κ1) is 9.69. The highest BCUT2D eigenvalue weighted by molar-refractivity contribution is 7.17. The van der Waals surface area contributed by atoms with E-state index >= 15 is 0 Å². The molecule has 3 heteroatoms. The van der Waals surface area contributed by atoms with Crippen LogP contribution in [0.4, 0.5) is 0 Å². The number of hydrogen-bond donors (Lipinski definition) is 0. The van der Waals surface area contributed by atoms with Gasteiger partial charge >= 0.3 is 0 Å². The number of aryl methyl sites for hydroxylation is 1. The molecule has 0 spiro atoms. The molecule has 0 aliphatic rings. The maximum absolute atomic E-state index is 10.8. The van der Waals surface area contributed by atoms with Crippen LogP contribution in [0.1, 0.15) is 22.8 Å². The number of fused-ring (bicyclic) bond motifs is 1. The van der Waals surface area contributed by atoms with Gasteiger partial charge < -0.3 is 0 Å². The van der Waals surface area contributed by atoms with Gasteiger partial charge in [0.1, 0.15) is 0 Å². The van der Waals surface area contributed by atoms with Crippen molar-refractivity contribution in [1.29, 1.82) is 0 Å². The number of thiophene rings is 1. The van der Waals surface area contributed by atoms with Crippen LogP contribution in [0, 0.1) is 0 Å². The zero-order chi connectivity index (χ0) is 10.1. The van der Waals surface area contributed by atoms with E-state index in [1.807, 2.05) is 17.5 Å². The zero-order valence-electron chi connectivity index (χ0n) is 7.71. The fourth-order valence-electron chi connectivity index (χ4n) is 1.55. The normalized spacial score (nSPS) is 10.7. The number of rotatable bonds is 2. The Labute approximate surface area is 91.3 Å². The van der Waals surface area contributed by atoms with E-state index in [-0.39, 0.29) is 0 Å².